The van der Waals surface area contributed by atoms with Gasteiger partial charge in [0.2, 0.25) is 0 Å². The lowest BCUT2D eigenvalue weighted by molar-refractivity contribution is 0.142. The van der Waals surface area contributed by atoms with E-state index in [-0.39, 0.29) is 0 Å². The molecule has 0 aromatic rings. The molecular weight excluding hydrogens is 107 g/mol. The van der Waals surface area contributed by atoms with E-state index in [1.54, 1.807) is 0 Å². The van der Waals surface area contributed by atoms with Crippen LogP contribution in [0, 0.1) is 0 Å². The highest BCUT2D eigenvalue weighted by Crippen LogP contribution is 2.26. The minimum atomic E-state index is 0.642. The van der Waals surface area contributed by atoms with Gasteiger partial charge in [0.15, 0.2) is 0 Å². The Hall–Kier alpha value is 0.390. The van der Waals surface area contributed by atoms with Gasteiger partial charge in [0.1, 0.15) is 0 Å². The Balaban J connectivity index is 1.93. The first-order valence-electron chi connectivity index (χ1n) is 2.76. The van der Waals surface area contributed by atoms with E-state index in [9.17, 15) is 0 Å². The molecule has 1 saturated carbocycles. The van der Waals surface area contributed by atoms with Gasteiger partial charge >= 0.3 is 0 Å². The molecule has 1 aliphatic carbocycles. The fourth-order valence-corrected chi connectivity index (χ4v) is 1.22. The van der Waals surface area contributed by atoms with E-state index in [2.05, 4.69) is 6.66 Å². The second kappa shape index (κ2) is 2.64. The maximum atomic E-state index is 5.31. The second-order valence-corrected chi connectivity index (χ2v) is 2.52. The van der Waals surface area contributed by atoms with E-state index in [0.717, 1.165) is 0 Å². The zero-order chi connectivity index (χ0) is 5.11. The molecule has 1 unspecified atom stereocenters. The Labute approximate surface area is 46.3 Å². The van der Waals surface area contributed by atoms with Crippen LogP contribution in [0.1, 0.15) is 19.3 Å². The molecule has 0 heterocycles. The first-order valence-corrected chi connectivity index (χ1v) is 4.16. The molecule has 0 bridgehead atoms. The molecule has 0 amide bonds. The number of hydrogen-bond donors (Lipinski definition) is 0. The van der Waals surface area contributed by atoms with Crippen LogP contribution in [-0.2, 0) is 4.52 Å². The van der Waals surface area contributed by atoms with E-state index >= 15 is 0 Å². The van der Waals surface area contributed by atoms with Crippen molar-refractivity contribution in [3.05, 3.63) is 0 Å². The summed E-state index contributed by atoms with van der Waals surface area (Å²) in [6.45, 7) is 2.08. The third-order valence-corrected chi connectivity index (χ3v) is 1.91. The molecule has 1 atom stereocenters. The van der Waals surface area contributed by atoms with Crippen molar-refractivity contribution in [2.24, 2.45) is 0 Å². The van der Waals surface area contributed by atoms with Crippen LogP contribution >= 0.6 is 8.81 Å². The van der Waals surface area contributed by atoms with Crippen molar-refractivity contribution in [3.63, 3.8) is 0 Å². The number of hydrogen-bond acceptors (Lipinski definition) is 1. The lowest BCUT2D eigenvalue weighted by Gasteiger charge is -2.24. The SMILES string of the molecule is CPOC1CCC1. The Morgan fingerprint density at radius 1 is 1.57 bits per heavy atom. The van der Waals surface area contributed by atoms with Crippen molar-refractivity contribution < 1.29 is 4.52 Å². The van der Waals surface area contributed by atoms with Crippen LogP contribution in [0.25, 0.3) is 0 Å². The summed E-state index contributed by atoms with van der Waals surface area (Å²) < 4.78 is 5.31. The van der Waals surface area contributed by atoms with E-state index in [1.807, 2.05) is 0 Å². The molecule has 1 aliphatic rings. The van der Waals surface area contributed by atoms with Crippen LogP contribution in [0.4, 0.5) is 0 Å². The van der Waals surface area contributed by atoms with Crippen molar-refractivity contribution in [1.29, 1.82) is 0 Å². The van der Waals surface area contributed by atoms with Gasteiger partial charge in [-0.1, -0.05) is 0 Å². The number of rotatable bonds is 2. The molecule has 2 heteroatoms. The summed E-state index contributed by atoms with van der Waals surface area (Å²) in [7, 11) is 0.696. The van der Waals surface area contributed by atoms with E-state index in [4.69, 9.17) is 4.52 Å². The van der Waals surface area contributed by atoms with Gasteiger partial charge in [-0.2, -0.15) is 0 Å². The standard InChI is InChI=1S/C5H11OP/c1-7-6-5-3-2-4-5/h5,7H,2-4H2,1H3. The van der Waals surface area contributed by atoms with Crippen molar-refractivity contribution in [1.82, 2.24) is 0 Å². The maximum Gasteiger partial charge on any atom is 0.0614 e. The van der Waals surface area contributed by atoms with Crippen LogP contribution in [0.2, 0.25) is 0 Å². The largest absolute Gasteiger partial charge is 0.360 e. The third kappa shape index (κ3) is 1.40. The molecule has 0 aromatic carbocycles. The van der Waals surface area contributed by atoms with Crippen LogP contribution in [0.15, 0.2) is 0 Å². The lowest BCUT2D eigenvalue weighted by Crippen LogP contribution is -2.17. The van der Waals surface area contributed by atoms with Gasteiger partial charge in [0.25, 0.3) is 0 Å². The quantitative estimate of drug-likeness (QED) is 0.502. The van der Waals surface area contributed by atoms with Crippen molar-refractivity contribution >= 4 is 8.81 Å². The van der Waals surface area contributed by atoms with Crippen molar-refractivity contribution in [2.45, 2.75) is 25.4 Å². The average molecular weight is 118 g/mol. The topological polar surface area (TPSA) is 9.23 Å². The van der Waals surface area contributed by atoms with Gasteiger partial charge in [-0.25, -0.2) is 0 Å². The Kier molecular flexibility index (Phi) is 2.08. The molecule has 1 fully saturated rings. The molecule has 0 spiro atoms. The van der Waals surface area contributed by atoms with Crippen molar-refractivity contribution in [3.8, 4) is 0 Å². The summed E-state index contributed by atoms with van der Waals surface area (Å²) in [6, 6.07) is 0. The van der Waals surface area contributed by atoms with Crippen molar-refractivity contribution in [2.75, 3.05) is 6.66 Å². The molecule has 0 N–H and O–H groups in total. The fourth-order valence-electron chi connectivity index (χ4n) is 0.655. The van der Waals surface area contributed by atoms with Gasteiger partial charge in [-0.15, -0.1) is 0 Å². The zero-order valence-electron chi connectivity index (χ0n) is 4.61. The summed E-state index contributed by atoms with van der Waals surface area (Å²) in [6.07, 6.45) is 4.64. The van der Waals surface area contributed by atoms with Crippen LogP contribution < -0.4 is 0 Å². The monoisotopic (exact) mass is 118 g/mol. The van der Waals surface area contributed by atoms with Crippen LogP contribution in [-0.4, -0.2) is 12.8 Å². The molecule has 0 aliphatic heterocycles. The van der Waals surface area contributed by atoms with Gasteiger partial charge in [0.05, 0.1) is 6.10 Å². The molecule has 7 heavy (non-hydrogen) atoms. The summed E-state index contributed by atoms with van der Waals surface area (Å²) in [5.41, 5.74) is 0. The highest BCUT2D eigenvalue weighted by Gasteiger charge is 2.16. The Morgan fingerprint density at radius 2 is 2.29 bits per heavy atom. The molecule has 0 radical (unpaired) electrons. The molecule has 0 aromatic heterocycles. The van der Waals surface area contributed by atoms with Gasteiger partial charge in [-0.3, -0.25) is 0 Å². The lowest BCUT2D eigenvalue weighted by atomic mass is 9.97. The molecule has 1 rings (SSSR count). The first kappa shape index (κ1) is 5.53. The predicted octanol–water partition coefficient (Wildman–Crippen LogP) is 1.78. The highest BCUT2D eigenvalue weighted by atomic mass is 31.1. The summed E-state index contributed by atoms with van der Waals surface area (Å²) in [4.78, 5) is 0. The second-order valence-electron chi connectivity index (χ2n) is 1.87. The maximum absolute atomic E-state index is 5.31. The van der Waals surface area contributed by atoms with Gasteiger partial charge < -0.3 is 4.52 Å². The summed E-state index contributed by atoms with van der Waals surface area (Å²) >= 11 is 0. The van der Waals surface area contributed by atoms with Gasteiger partial charge in [0, 0.05) is 8.81 Å². The van der Waals surface area contributed by atoms with Gasteiger partial charge in [-0.05, 0) is 25.9 Å². The smallest absolute Gasteiger partial charge is 0.0614 e. The Morgan fingerprint density at radius 3 is 2.43 bits per heavy atom. The molecule has 42 valence electrons. The molecular formula is C5H11OP. The van der Waals surface area contributed by atoms with Crippen LogP contribution in [0.3, 0.4) is 0 Å². The Bertz CT molecular complexity index is 52.0. The fraction of sp³-hybridized carbons (Fsp3) is 1.00. The minimum Gasteiger partial charge on any atom is -0.360 e. The summed E-state index contributed by atoms with van der Waals surface area (Å²) in [5, 5.41) is 0. The minimum absolute atomic E-state index is 0.642. The highest BCUT2D eigenvalue weighted by molar-refractivity contribution is 7.31. The average Bonchev–Trinajstić information content (AvgIpc) is 1.55. The predicted molar refractivity (Wildman–Crippen MR) is 33.0 cm³/mol. The molecule has 1 nitrogen and oxygen atoms in total. The zero-order valence-corrected chi connectivity index (χ0v) is 5.61. The molecule has 0 saturated heterocycles. The normalized spacial score (nSPS) is 23.6. The van der Waals surface area contributed by atoms with E-state index < -0.39 is 0 Å². The summed E-state index contributed by atoms with van der Waals surface area (Å²) in [5.74, 6) is 0. The van der Waals surface area contributed by atoms with E-state index in [1.165, 1.54) is 19.3 Å². The van der Waals surface area contributed by atoms with E-state index in [0.29, 0.717) is 14.9 Å². The van der Waals surface area contributed by atoms with Crippen LogP contribution in [0.5, 0.6) is 0 Å². The third-order valence-electron chi connectivity index (χ3n) is 1.34. The first-order chi connectivity index (χ1) is 3.43.